The fourth-order valence-corrected chi connectivity index (χ4v) is 4.24. The van der Waals surface area contributed by atoms with Gasteiger partial charge in [-0.05, 0) is 59.5 Å². The van der Waals surface area contributed by atoms with E-state index in [1.807, 2.05) is 0 Å². The lowest BCUT2D eigenvalue weighted by Crippen LogP contribution is -2.39. The van der Waals surface area contributed by atoms with Crippen LogP contribution < -0.4 is 11.1 Å². The lowest BCUT2D eigenvalue weighted by molar-refractivity contribution is -0.132. The monoisotopic (exact) mass is 498 g/mol. The lowest BCUT2D eigenvalue weighted by Gasteiger charge is -2.26. The number of halogens is 1. The first kappa shape index (κ1) is 20.4. The molecule has 4 heterocycles. The zero-order valence-corrected chi connectivity index (χ0v) is 18.5. The van der Waals surface area contributed by atoms with Gasteiger partial charge in [0.05, 0.1) is 10.9 Å². The molecule has 0 saturated carbocycles. The molecule has 1 fully saturated rings. The first-order chi connectivity index (χ1) is 15.5. The highest BCUT2D eigenvalue weighted by atomic mass is 79.9. The quantitative estimate of drug-likeness (QED) is 0.445. The number of aromatic nitrogens is 4. The molecule has 0 unspecified atom stereocenters. The number of carbonyl (C=O) groups excluding carboxylic acids is 2. The molecule has 164 valence electrons. The smallest absolute Gasteiger partial charge is 0.408 e. The Bertz CT molecular complexity index is 1400. The summed E-state index contributed by atoms with van der Waals surface area (Å²) >= 11 is 3.34. The molecule has 1 saturated heterocycles. The van der Waals surface area contributed by atoms with Crippen molar-refractivity contribution in [2.45, 2.75) is 25.8 Å². The van der Waals surface area contributed by atoms with Crippen LogP contribution in [-0.2, 0) is 11.3 Å². The molecule has 10 nitrogen and oxygen atoms in total. The Balaban J connectivity index is 1.42. The number of amides is 2. The van der Waals surface area contributed by atoms with Crippen molar-refractivity contribution in [3.63, 3.8) is 0 Å². The molecule has 0 spiro atoms. The molecule has 2 amide bonds. The van der Waals surface area contributed by atoms with E-state index >= 15 is 0 Å². The number of oxazole rings is 1. The average Bonchev–Trinajstić information content (AvgIpc) is 3.35. The minimum absolute atomic E-state index is 0.103. The number of H-pyrrole nitrogens is 1. The van der Waals surface area contributed by atoms with Gasteiger partial charge in [0.2, 0.25) is 5.91 Å². The molecule has 4 aromatic rings. The van der Waals surface area contributed by atoms with Gasteiger partial charge in [0, 0.05) is 29.4 Å². The number of likely N-dealkylation sites (tertiary alicyclic amines) is 1. The van der Waals surface area contributed by atoms with Crippen LogP contribution in [0.1, 0.15) is 29.8 Å². The Labute approximate surface area is 189 Å². The number of anilines is 1. The molecule has 32 heavy (non-hydrogen) atoms. The lowest BCUT2D eigenvalue weighted by atomic mass is 10.1. The van der Waals surface area contributed by atoms with Crippen LogP contribution in [0.4, 0.5) is 5.69 Å². The van der Waals surface area contributed by atoms with E-state index in [1.54, 1.807) is 35.4 Å². The van der Waals surface area contributed by atoms with E-state index in [9.17, 15) is 14.4 Å². The van der Waals surface area contributed by atoms with Gasteiger partial charge in [0.15, 0.2) is 11.2 Å². The van der Waals surface area contributed by atoms with Crippen LogP contribution in [0.15, 0.2) is 44.1 Å². The van der Waals surface area contributed by atoms with E-state index in [0.29, 0.717) is 40.9 Å². The van der Waals surface area contributed by atoms with Gasteiger partial charge < -0.3 is 14.6 Å². The van der Waals surface area contributed by atoms with Gasteiger partial charge in [-0.3, -0.25) is 19.3 Å². The summed E-state index contributed by atoms with van der Waals surface area (Å²) in [7, 11) is 0. The highest BCUT2D eigenvalue weighted by Crippen LogP contribution is 2.22. The van der Waals surface area contributed by atoms with E-state index in [-0.39, 0.29) is 18.1 Å². The van der Waals surface area contributed by atoms with Gasteiger partial charge in [0.25, 0.3) is 5.91 Å². The van der Waals surface area contributed by atoms with Gasteiger partial charge in [0.1, 0.15) is 12.2 Å². The minimum Gasteiger partial charge on any atom is -0.408 e. The van der Waals surface area contributed by atoms with Gasteiger partial charge in [-0.2, -0.15) is 5.10 Å². The summed E-state index contributed by atoms with van der Waals surface area (Å²) in [5, 5.41) is 10.1. The molecule has 0 bridgehead atoms. The van der Waals surface area contributed by atoms with Crippen LogP contribution in [0.3, 0.4) is 0 Å². The van der Waals surface area contributed by atoms with Crippen LogP contribution in [0.25, 0.3) is 22.1 Å². The van der Waals surface area contributed by atoms with Crippen molar-refractivity contribution < 1.29 is 14.0 Å². The van der Waals surface area contributed by atoms with Crippen molar-refractivity contribution in [3.05, 3.63) is 51.2 Å². The predicted octanol–water partition coefficient (Wildman–Crippen LogP) is 2.89. The number of benzene rings is 1. The molecule has 5 rings (SSSR count). The molecule has 1 aliphatic rings. The van der Waals surface area contributed by atoms with E-state index in [2.05, 4.69) is 36.4 Å². The second kappa shape index (κ2) is 8.23. The van der Waals surface area contributed by atoms with E-state index in [4.69, 9.17) is 4.42 Å². The van der Waals surface area contributed by atoms with Crippen LogP contribution in [-0.4, -0.2) is 49.6 Å². The number of hydrogen-bond acceptors (Lipinski definition) is 6. The SMILES string of the molecule is O=C(Nc1ccc2oc(=O)n(CC(=O)N3CCCCC3)c2c1)c1[nH]nc2ncc(Br)cc12. The number of aromatic amines is 1. The number of fused-ring (bicyclic) bond motifs is 2. The summed E-state index contributed by atoms with van der Waals surface area (Å²) in [5.41, 5.74) is 1.93. The van der Waals surface area contributed by atoms with Crippen molar-refractivity contribution in [1.29, 1.82) is 0 Å². The van der Waals surface area contributed by atoms with E-state index in [0.717, 1.165) is 23.7 Å². The maximum Gasteiger partial charge on any atom is 0.420 e. The molecule has 2 N–H and O–H groups in total. The first-order valence-corrected chi connectivity index (χ1v) is 11.0. The number of nitrogens with zero attached hydrogens (tertiary/aromatic N) is 4. The van der Waals surface area contributed by atoms with Crippen molar-refractivity contribution >= 4 is 55.6 Å². The summed E-state index contributed by atoms with van der Waals surface area (Å²) in [4.78, 5) is 43.8. The zero-order valence-electron chi connectivity index (χ0n) is 16.9. The number of nitrogens with one attached hydrogen (secondary N) is 2. The third-order valence-corrected chi connectivity index (χ3v) is 5.96. The van der Waals surface area contributed by atoms with Crippen molar-refractivity contribution in [1.82, 2.24) is 24.6 Å². The number of rotatable bonds is 4. The third kappa shape index (κ3) is 3.79. The van der Waals surface area contributed by atoms with Crippen LogP contribution >= 0.6 is 15.9 Å². The normalized spacial score (nSPS) is 14.2. The van der Waals surface area contributed by atoms with Gasteiger partial charge in [-0.25, -0.2) is 9.78 Å². The van der Waals surface area contributed by atoms with Crippen molar-refractivity contribution in [3.8, 4) is 0 Å². The maximum atomic E-state index is 12.8. The average molecular weight is 499 g/mol. The molecule has 1 aromatic carbocycles. The Morgan fingerprint density at radius 2 is 2.00 bits per heavy atom. The maximum absolute atomic E-state index is 12.8. The number of piperidine rings is 1. The largest absolute Gasteiger partial charge is 0.420 e. The van der Waals surface area contributed by atoms with Gasteiger partial charge in [-0.15, -0.1) is 0 Å². The number of pyridine rings is 1. The zero-order chi connectivity index (χ0) is 22.2. The second-order valence-corrected chi connectivity index (χ2v) is 8.57. The molecular formula is C21H19BrN6O4. The second-order valence-electron chi connectivity index (χ2n) is 7.66. The summed E-state index contributed by atoms with van der Waals surface area (Å²) in [6.45, 7) is 1.30. The van der Waals surface area contributed by atoms with Crippen LogP contribution in [0.2, 0.25) is 0 Å². The topological polar surface area (TPSA) is 126 Å². The highest BCUT2D eigenvalue weighted by Gasteiger charge is 2.21. The molecular weight excluding hydrogens is 480 g/mol. The van der Waals surface area contributed by atoms with Crippen LogP contribution in [0, 0.1) is 0 Å². The Hall–Kier alpha value is -3.47. The fourth-order valence-electron chi connectivity index (χ4n) is 3.91. The van der Waals surface area contributed by atoms with Gasteiger partial charge >= 0.3 is 5.76 Å². The summed E-state index contributed by atoms with van der Waals surface area (Å²) < 4.78 is 7.31. The van der Waals surface area contributed by atoms with Crippen molar-refractivity contribution in [2.75, 3.05) is 18.4 Å². The molecule has 11 heteroatoms. The molecule has 1 aliphatic heterocycles. The van der Waals surface area contributed by atoms with E-state index in [1.165, 1.54) is 4.57 Å². The standard InChI is InChI=1S/C21H19BrN6O4/c22-12-8-14-18(25-26-19(14)23-10-12)20(30)24-13-4-5-16-15(9-13)28(21(31)32-16)11-17(29)27-6-2-1-3-7-27/h4-5,8-10H,1-3,6-7,11H2,(H,24,30)(H,23,25,26). The fraction of sp³-hybridized carbons (Fsp3) is 0.286. The molecule has 3 aromatic heterocycles. The Morgan fingerprint density at radius 1 is 1.19 bits per heavy atom. The predicted molar refractivity (Wildman–Crippen MR) is 120 cm³/mol. The van der Waals surface area contributed by atoms with Crippen molar-refractivity contribution in [2.24, 2.45) is 0 Å². The highest BCUT2D eigenvalue weighted by molar-refractivity contribution is 9.10. The van der Waals surface area contributed by atoms with Gasteiger partial charge in [-0.1, -0.05) is 0 Å². The summed E-state index contributed by atoms with van der Waals surface area (Å²) in [6.07, 6.45) is 4.65. The third-order valence-electron chi connectivity index (χ3n) is 5.53. The minimum atomic E-state index is -0.607. The van der Waals surface area contributed by atoms with E-state index < -0.39 is 11.7 Å². The first-order valence-electron chi connectivity index (χ1n) is 10.2. The molecule has 0 atom stereocenters. The molecule has 0 aliphatic carbocycles. The Morgan fingerprint density at radius 3 is 2.81 bits per heavy atom. The van der Waals surface area contributed by atoms with Crippen LogP contribution in [0.5, 0.6) is 0 Å². The number of carbonyl (C=O) groups is 2. The summed E-state index contributed by atoms with van der Waals surface area (Å²) in [5.74, 6) is -1.14. The summed E-state index contributed by atoms with van der Waals surface area (Å²) in [6, 6.07) is 6.60. The Kier molecular flexibility index (Phi) is 5.25. The molecule has 0 radical (unpaired) electrons. The number of hydrogen-bond donors (Lipinski definition) is 2.